The smallest absolute Gasteiger partial charge is 0.272 e. The molecule has 0 saturated heterocycles. The van der Waals surface area contributed by atoms with E-state index in [1.165, 1.54) is 0 Å². The molecule has 3 aromatic heterocycles. The predicted molar refractivity (Wildman–Crippen MR) is 65.3 cm³/mol. The normalized spacial score (nSPS) is 12.4. The van der Waals surface area contributed by atoms with Gasteiger partial charge < -0.3 is 0 Å². The van der Waals surface area contributed by atoms with E-state index in [0.717, 1.165) is 15.9 Å². The summed E-state index contributed by atoms with van der Waals surface area (Å²) in [6, 6.07) is 0. The molecule has 0 spiro atoms. The average Bonchev–Trinajstić information content (AvgIpc) is 2.98. The molecule has 3 heterocycles. The lowest BCUT2D eigenvalue weighted by molar-refractivity contribution is -0.146. The Morgan fingerprint density at radius 1 is 1.25 bits per heavy atom. The number of nitrogens with zero attached hydrogens (tertiary/aromatic N) is 6. The van der Waals surface area contributed by atoms with Gasteiger partial charge in [0.1, 0.15) is 0 Å². The van der Waals surface area contributed by atoms with Gasteiger partial charge in [-0.15, -0.1) is 10.2 Å². The molecule has 6 nitrogen and oxygen atoms in total. The number of aryl methyl sites for hydroxylation is 2. The third-order valence-corrected chi connectivity index (χ3v) is 3.68. The summed E-state index contributed by atoms with van der Waals surface area (Å²) in [5.74, 6) is -1.12. The molecule has 0 N–H and O–H groups in total. The molecular formula is C10H9F3N6S. The molecule has 0 aliphatic heterocycles. The Morgan fingerprint density at radius 2 is 2.00 bits per heavy atom. The van der Waals surface area contributed by atoms with Crippen molar-refractivity contribution in [1.82, 2.24) is 29.6 Å². The summed E-state index contributed by atoms with van der Waals surface area (Å²) in [5.41, 5.74) is 1.42. The molecule has 0 saturated carbocycles. The highest BCUT2D eigenvalue weighted by Crippen LogP contribution is 2.32. The van der Waals surface area contributed by atoms with Crippen LogP contribution < -0.4 is 0 Å². The maximum absolute atomic E-state index is 12.7. The van der Waals surface area contributed by atoms with Crippen LogP contribution in [-0.4, -0.2) is 29.6 Å². The first kappa shape index (κ1) is 13.0. The lowest BCUT2D eigenvalue weighted by atomic mass is 10.3. The predicted octanol–water partition coefficient (Wildman–Crippen LogP) is 2.40. The third kappa shape index (κ3) is 1.96. The zero-order valence-corrected chi connectivity index (χ0v) is 11.3. The van der Waals surface area contributed by atoms with Gasteiger partial charge in [0.15, 0.2) is 5.01 Å². The van der Waals surface area contributed by atoms with Crippen LogP contribution in [0.3, 0.4) is 0 Å². The van der Waals surface area contributed by atoms with Crippen LogP contribution in [0.2, 0.25) is 0 Å². The molecule has 0 aliphatic carbocycles. The topological polar surface area (TPSA) is 60.9 Å². The van der Waals surface area contributed by atoms with Crippen molar-refractivity contribution in [2.75, 3.05) is 0 Å². The minimum atomic E-state index is -4.58. The maximum atomic E-state index is 12.7. The first-order chi connectivity index (χ1) is 9.40. The summed E-state index contributed by atoms with van der Waals surface area (Å²) in [5, 5.41) is 15.3. The Morgan fingerprint density at radius 3 is 2.60 bits per heavy atom. The number of hydrogen-bond acceptors (Lipinski definition) is 5. The van der Waals surface area contributed by atoms with E-state index in [1.54, 1.807) is 17.8 Å². The minimum Gasteiger partial charge on any atom is -0.272 e. The highest BCUT2D eigenvalue weighted by molar-refractivity contribution is 7.19. The van der Waals surface area contributed by atoms with E-state index in [9.17, 15) is 13.2 Å². The van der Waals surface area contributed by atoms with Gasteiger partial charge in [0.25, 0.3) is 5.82 Å². The summed E-state index contributed by atoms with van der Waals surface area (Å²) >= 11 is 1.05. The molecule has 3 aromatic rings. The number of halogens is 3. The van der Waals surface area contributed by atoms with Crippen LogP contribution in [-0.2, 0) is 12.7 Å². The quantitative estimate of drug-likeness (QED) is 0.729. The number of alkyl halides is 3. The molecule has 106 valence electrons. The van der Waals surface area contributed by atoms with Gasteiger partial charge in [0.05, 0.1) is 11.3 Å². The van der Waals surface area contributed by atoms with Gasteiger partial charge in [0.2, 0.25) is 4.96 Å². The Hall–Kier alpha value is -1.97. The van der Waals surface area contributed by atoms with E-state index >= 15 is 0 Å². The molecule has 0 atom stereocenters. The van der Waals surface area contributed by atoms with Gasteiger partial charge in [-0.05, 0) is 13.8 Å². The first-order valence-corrected chi connectivity index (χ1v) is 6.55. The molecular weight excluding hydrogens is 293 g/mol. The monoisotopic (exact) mass is 302 g/mol. The summed E-state index contributed by atoms with van der Waals surface area (Å²) in [6.07, 6.45) is -2.82. The molecule has 3 rings (SSSR count). The fraction of sp³-hybridized carbons (Fsp3) is 0.400. The zero-order valence-electron chi connectivity index (χ0n) is 10.5. The molecule has 0 fully saturated rings. The fourth-order valence-corrected chi connectivity index (χ4v) is 2.69. The minimum absolute atomic E-state index is 0.107. The van der Waals surface area contributed by atoms with Gasteiger partial charge in [-0.1, -0.05) is 11.3 Å². The summed E-state index contributed by atoms with van der Waals surface area (Å²) in [4.78, 5) is 0.107. The van der Waals surface area contributed by atoms with Gasteiger partial charge >= 0.3 is 6.18 Å². The summed E-state index contributed by atoms with van der Waals surface area (Å²) in [7, 11) is 0. The third-order valence-electron chi connectivity index (χ3n) is 2.75. The van der Waals surface area contributed by atoms with Crippen molar-refractivity contribution < 1.29 is 13.2 Å². The fourth-order valence-electron chi connectivity index (χ4n) is 1.79. The van der Waals surface area contributed by atoms with Gasteiger partial charge in [-0.3, -0.25) is 4.68 Å². The van der Waals surface area contributed by atoms with Gasteiger partial charge in [-0.2, -0.15) is 27.9 Å². The number of aromatic nitrogens is 6. The maximum Gasteiger partial charge on any atom is 0.453 e. The lowest BCUT2D eigenvalue weighted by Gasteiger charge is -2.00. The average molecular weight is 302 g/mol. The molecule has 0 radical (unpaired) electrons. The van der Waals surface area contributed by atoms with E-state index in [2.05, 4.69) is 20.4 Å². The van der Waals surface area contributed by atoms with Crippen LogP contribution in [0.25, 0.3) is 15.5 Å². The first-order valence-electron chi connectivity index (χ1n) is 5.74. The Labute approximate surface area is 114 Å². The van der Waals surface area contributed by atoms with E-state index in [1.807, 2.05) is 6.92 Å². The second-order valence-electron chi connectivity index (χ2n) is 4.11. The SMILES string of the molecule is CCn1cc(-c2nn3c(C(F)(F)F)nnc3s2)c(C)n1. The van der Waals surface area contributed by atoms with Crippen LogP contribution in [0.4, 0.5) is 13.2 Å². The van der Waals surface area contributed by atoms with Crippen molar-refractivity contribution in [3.05, 3.63) is 17.7 Å². The largest absolute Gasteiger partial charge is 0.453 e. The second kappa shape index (κ2) is 4.27. The Kier molecular flexibility index (Phi) is 2.78. The molecule has 0 amide bonds. The summed E-state index contributed by atoms with van der Waals surface area (Å²) in [6.45, 7) is 4.39. The highest BCUT2D eigenvalue weighted by atomic mass is 32.1. The van der Waals surface area contributed by atoms with Crippen molar-refractivity contribution in [3.8, 4) is 10.6 Å². The van der Waals surface area contributed by atoms with Crippen molar-refractivity contribution in [2.45, 2.75) is 26.6 Å². The Bertz CT molecular complexity index is 768. The van der Waals surface area contributed by atoms with Crippen molar-refractivity contribution >= 4 is 16.3 Å². The van der Waals surface area contributed by atoms with Crippen molar-refractivity contribution in [2.24, 2.45) is 0 Å². The standard InChI is InChI=1S/C10H9F3N6S/c1-3-18-4-6(5(2)16-18)7-17-19-8(10(11,12)13)14-15-9(19)20-7/h4H,3H2,1-2H3. The number of hydrogen-bond donors (Lipinski definition) is 0. The molecule has 0 aromatic carbocycles. The molecule has 0 bridgehead atoms. The summed E-state index contributed by atoms with van der Waals surface area (Å²) < 4.78 is 40.6. The molecule has 20 heavy (non-hydrogen) atoms. The zero-order chi connectivity index (χ0) is 14.5. The molecule has 10 heteroatoms. The molecule has 0 aliphatic rings. The van der Waals surface area contributed by atoms with Gasteiger partial charge in [0, 0.05) is 12.7 Å². The highest BCUT2D eigenvalue weighted by Gasteiger charge is 2.38. The lowest BCUT2D eigenvalue weighted by Crippen LogP contribution is -2.11. The Balaban J connectivity index is 2.13. The van der Waals surface area contributed by atoms with E-state index in [-0.39, 0.29) is 4.96 Å². The van der Waals surface area contributed by atoms with Crippen LogP contribution in [0, 0.1) is 6.92 Å². The number of rotatable bonds is 2. The van der Waals surface area contributed by atoms with Crippen molar-refractivity contribution in [3.63, 3.8) is 0 Å². The van der Waals surface area contributed by atoms with E-state index in [4.69, 9.17) is 0 Å². The van der Waals surface area contributed by atoms with Gasteiger partial charge in [-0.25, -0.2) is 0 Å². The van der Waals surface area contributed by atoms with E-state index < -0.39 is 12.0 Å². The van der Waals surface area contributed by atoms with E-state index in [0.29, 0.717) is 22.8 Å². The number of fused-ring (bicyclic) bond motifs is 1. The van der Waals surface area contributed by atoms with Crippen LogP contribution in [0.15, 0.2) is 6.20 Å². The van der Waals surface area contributed by atoms with Crippen LogP contribution in [0.5, 0.6) is 0 Å². The van der Waals surface area contributed by atoms with Crippen molar-refractivity contribution in [1.29, 1.82) is 0 Å². The van der Waals surface area contributed by atoms with Crippen LogP contribution >= 0.6 is 11.3 Å². The molecule has 0 unspecified atom stereocenters. The second-order valence-corrected chi connectivity index (χ2v) is 5.06. The van der Waals surface area contributed by atoms with Crippen LogP contribution in [0.1, 0.15) is 18.4 Å².